The molecule has 1 aliphatic heterocycles. The first-order valence-electron chi connectivity index (χ1n) is 10.3. The summed E-state index contributed by atoms with van der Waals surface area (Å²) in [6.45, 7) is 3.71. The zero-order valence-corrected chi connectivity index (χ0v) is 17.9. The minimum atomic E-state index is -0.286. The van der Waals surface area contributed by atoms with Crippen molar-refractivity contribution in [2.45, 2.75) is 25.7 Å². The summed E-state index contributed by atoms with van der Waals surface area (Å²) in [5.74, 6) is 1.29. The van der Waals surface area contributed by atoms with Crippen LogP contribution in [0.5, 0.6) is 11.5 Å². The van der Waals surface area contributed by atoms with Gasteiger partial charge in [-0.2, -0.15) is 0 Å². The average molecular weight is 411 g/mol. The fourth-order valence-electron chi connectivity index (χ4n) is 3.76. The number of hydrogen-bond donors (Lipinski definition) is 1. The molecule has 2 amide bonds. The Hall–Kier alpha value is -3.02. The third kappa shape index (κ3) is 5.32. The fraction of sp³-hybridized carbons (Fsp3) is 0.417. The summed E-state index contributed by atoms with van der Waals surface area (Å²) in [6.07, 6.45) is 0.975. The molecule has 0 spiro atoms. The van der Waals surface area contributed by atoms with E-state index in [-0.39, 0.29) is 30.1 Å². The number of carbonyl (C=O) groups excluding carboxylic acids is 2. The Morgan fingerprint density at radius 1 is 1.13 bits per heavy atom. The number of likely N-dealkylation sites (tertiary alicyclic amines) is 1. The van der Waals surface area contributed by atoms with Gasteiger partial charge in [0, 0.05) is 26.1 Å². The molecular formula is C24H30N2O4. The van der Waals surface area contributed by atoms with Crippen LogP contribution in [0.25, 0.3) is 0 Å². The first kappa shape index (κ1) is 21.7. The van der Waals surface area contributed by atoms with Gasteiger partial charge in [0.2, 0.25) is 11.8 Å². The van der Waals surface area contributed by atoms with Gasteiger partial charge in [0.15, 0.2) is 11.5 Å². The molecule has 1 fully saturated rings. The molecule has 6 nitrogen and oxygen atoms in total. The van der Waals surface area contributed by atoms with E-state index in [4.69, 9.17) is 9.47 Å². The number of amides is 2. The van der Waals surface area contributed by atoms with E-state index in [1.807, 2.05) is 36.4 Å². The Morgan fingerprint density at radius 2 is 1.87 bits per heavy atom. The molecule has 0 saturated carbocycles. The van der Waals surface area contributed by atoms with Crippen molar-refractivity contribution < 1.29 is 19.1 Å². The maximum Gasteiger partial charge on any atom is 0.225 e. The van der Waals surface area contributed by atoms with E-state index in [2.05, 4.69) is 24.4 Å². The van der Waals surface area contributed by atoms with Gasteiger partial charge in [-0.15, -0.1) is 0 Å². The molecule has 1 aliphatic rings. The molecule has 2 unspecified atom stereocenters. The average Bonchev–Trinajstić information content (AvgIpc) is 3.16. The lowest BCUT2D eigenvalue weighted by molar-refractivity contribution is -0.129. The normalized spacial score (nSPS) is 17.0. The van der Waals surface area contributed by atoms with Gasteiger partial charge < -0.3 is 19.7 Å². The second-order valence-electron chi connectivity index (χ2n) is 7.74. The highest BCUT2D eigenvalue weighted by atomic mass is 16.5. The fourth-order valence-corrected chi connectivity index (χ4v) is 3.76. The van der Waals surface area contributed by atoms with Crippen molar-refractivity contribution >= 4 is 11.8 Å². The topological polar surface area (TPSA) is 67.9 Å². The Morgan fingerprint density at radius 3 is 2.57 bits per heavy atom. The van der Waals surface area contributed by atoms with Gasteiger partial charge in [0.25, 0.3) is 0 Å². The van der Waals surface area contributed by atoms with Gasteiger partial charge in [-0.1, -0.05) is 43.3 Å². The summed E-state index contributed by atoms with van der Waals surface area (Å²) < 4.78 is 10.6. The van der Waals surface area contributed by atoms with Crippen LogP contribution >= 0.6 is 0 Å². The highest BCUT2D eigenvalue weighted by Crippen LogP contribution is 2.28. The van der Waals surface area contributed by atoms with Crippen molar-refractivity contribution in [2.24, 2.45) is 5.92 Å². The second-order valence-corrected chi connectivity index (χ2v) is 7.74. The van der Waals surface area contributed by atoms with Crippen molar-refractivity contribution in [1.29, 1.82) is 0 Å². The van der Waals surface area contributed by atoms with Gasteiger partial charge in [0.1, 0.15) is 0 Å². The molecule has 0 aromatic heterocycles. The first-order valence-corrected chi connectivity index (χ1v) is 10.3. The molecule has 3 rings (SSSR count). The zero-order chi connectivity index (χ0) is 21.5. The molecule has 2 aromatic rings. The minimum Gasteiger partial charge on any atom is -0.493 e. The van der Waals surface area contributed by atoms with Crippen LogP contribution in [0.2, 0.25) is 0 Å². The maximum absolute atomic E-state index is 12.6. The Bertz CT molecular complexity index is 869. The zero-order valence-electron chi connectivity index (χ0n) is 17.9. The summed E-state index contributed by atoms with van der Waals surface area (Å²) in [7, 11) is 3.21. The molecule has 1 N–H and O–H groups in total. The van der Waals surface area contributed by atoms with E-state index >= 15 is 0 Å². The van der Waals surface area contributed by atoms with Crippen molar-refractivity contribution in [3.63, 3.8) is 0 Å². The molecule has 6 heteroatoms. The Labute approximate surface area is 178 Å². The van der Waals surface area contributed by atoms with Gasteiger partial charge in [-0.3, -0.25) is 9.59 Å². The van der Waals surface area contributed by atoms with E-state index in [0.29, 0.717) is 37.6 Å². The van der Waals surface area contributed by atoms with Crippen LogP contribution in [0.15, 0.2) is 48.5 Å². The predicted molar refractivity (Wildman–Crippen MR) is 116 cm³/mol. The van der Waals surface area contributed by atoms with Gasteiger partial charge >= 0.3 is 0 Å². The standard InChI is InChI=1S/C24H30N2O4/c1-17(19-7-5-4-6-8-19)15-25-24(28)20-14-23(27)26(16-20)12-11-18-9-10-21(29-2)22(13-18)30-3/h4-10,13,17,20H,11-12,14-16H2,1-3H3,(H,25,28). The van der Waals surface area contributed by atoms with Gasteiger partial charge in [0.05, 0.1) is 20.1 Å². The van der Waals surface area contributed by atoms with Gasteiger partial charge in [-0.25, -0.2) is 0 Å². The van der Waals surface area contributed by atoms with Crippen LogP contribution in [0.4, 0.5) is 0 Å². The third-order valence-electron chi connectivity index (χ3n) is 5.65. The molecule has 0 aliphatic carbocycles. The molecule has 160 valence electrons. The number of carbonyl (C=O) groups is 2. The molecule has 2 atom stereocenters. The van der Waals surface area contributed by atoms with Crippen molar-refractivity contribution in [2.75, 3.05) is 33.9 Å². The van der Waals surface area contributed by atoms with Gasteiger partial charge in [-0.05, 0) is 35.6 Å². The van der Waals surface area contributed by atoms with Crippen LogP contribution in [0.3, 0.4) is 0 Å². The van der Waals surface area contributed by atoms with Crippen molar-refractivity contribution in [3.8, 4) is 11.5 Å². The van der Waals surface area contributed by atoms with Crippen molar-refractivity contribution in [3.05, 3.63) is 59.7 Å². The number of methoxy groups -OCH3 is 2. The molecule has 1 saturated heterocycles. The lowest BCUT2D eigenvalue weighted by Gasteiger charge is -2.18. The number of hydrogen-bond acceptors (Lipinski definition) is 4. The Kier molecular flexibility index (Phi) is 7.33. The molecular weight excluding hydrogens is 380 g/mol. The number of benzene rings is 2. The van der Waals surface area contributed by atoms with Crippen LogP contribution in [-0.4, -0.2) is 50.6 Å². The summed E-state index contributed by atoms with van der Waals surface area (Å²) in [5, 5.41) is 3.02. The number of rotatable bonds is 9. The second kappa shape index (κ2) is 10.1. The predicted octanol–water partition coefficient (Wildman–Crippen LogP) is 3.01. The summed E-state index contributed by atoms with van der Waals surface area (Å²) in [6, 6.07) is 15.9. The minimum absolute atomic E-state index is 0.0340. The summed E-state index contributed by atoms with van der Waals surface area (Å²) >= 11 is 0. The lowest BCUT2D eigenvalue weighted by Crippen LogP contribution is -2.35. The van der Waals surface area contributed by atoms with Crippen LogP contribution < -0.4 is 14.8 Å². The number of ether oxygens (including phenoxy) is 2. The SMILES string of the molecule is COc1ccc(CCN2CC(C(=O)NCC(C)c3ccccc3)CC2=O)cc1OC. The smallest absolute Gasteiger partial charge is 0.225 e. The summed E-state index contributed by atoms with van der Waals surface area (Å²) in [5.41, 5.74) is 2.25. The van der Waals surface area contributed by atoms with E-state index in [0.717, 1.165) is 5.56 Å². The van der Waals surface area contributed by atoms with Crippen LogP contribution in [0.1, 0.15) is 30.4 Å². The van der Waals surface area contributed by atoms with Crippen LogP contribution in [-0.2, 0) is 16.0 Å². The van der Waals surface area contributed by atoms with E-state index in [1.54, 1.807) is 19.1 Å². The van der Waals surface area contributed by atoms with E-state index in [9.17, 15) is 9.59 Å². The van der Waals surface area contributed by atoms with E-state index < -0.39 is 0 Å². The lowest BCUT2D eigenvalue weighted by atomic mass is 10.0. The highest BCUT2D eigenvalue weighted by Gasteiger charge is 2.34. The first-order chi connectivity index (χ1) is 14.5. The van der Waals surface area contributed by atoms with Crippen molar-refractivity contribution in [1.82, 2.24) is 10.2 Å². The number of nitrogens with one attached hydrogen (secondary N) is 1. The van der Waals surface area contributed by atoms with E-state index in [1.165, 1.54) is 5.56 Å². The molecule has 0 bridgehead atoms. The maximum atomic E-state index is 12.6. The third-order valence-corrected chi connectivity index (χ3v) is 5.65. The monoisotopic (exact) mass is 410 g/mol. The Balaban J connectivity index is 1.49. The highest BCUT2D eigenvalue weighted by molar-refractivity contribution is 5.89. The largest absolute Gasteiger partial charge is 0.493 e. The van der Waals surface area contributed by atoms with Crippen LogP contribution in [0, 0.1) is 5.92 Å². The molecule has 0 radical (unpaired) electrons. The summed E-state index contributed by atoms with van der Waals surface area (Å²) in [4.78, 5) is 26.8. The quantitative estimate of drug-likeness (QED) is 0.690. The number of nitrogens with zero attached hydrogens (tertiary/aromatic N) is 1. The molecule has 30 heavy (non-hydrogen) atoms. The molecule has 2 aromatic carbocycles. The molecule has 1 heterocycles.